The Kier molecular flexibility index (Phi) is 2.47. The molecule has 0 saturated heterocycles. The van der Waals surface area contributed by atoms with Gasteiger partial charge in [0.1, 0.15) is 0 Å². The molecule has 17 heavy (non-hydrogen) atoms. The maximum absolute atomic E-state index is 4.70. The van der Waals surface area contributed by atoms with Gasteiger partial charge in [-0.25, -0.2) is 4.98 Å². The van der Waals surface area contributed by atoms with Crippen molar-refractivity contribution in [3.8, 4) is 0 Å². The van der Waals surface area contributed by atoms with Gasteiger partial charge in [0, 0.05) is 12.3 Å². The van der Waals surface area contributed by atoms with Crippen molar-refractivity contribution in [3.05, 3.63) is 23.8 Å². The first-order chi connectivity index (χ1) is 8.05. The molecule has 0 saturated carbocycles. The number of rotatable bonds is 0. The van der Waals surface area contributed by atoms with E-state index in [9.17, 15) is 0 Å². The Labute approximate surface area is 106 Å². The lowest BCUT2D eigenvalue weighted by Gasteiger charge is -2.19. The maximum atomic E-state index is 4.70. The quantitative estimate of drug-likeness (QED) is 0.703. The van der Waals surface area contributed by atoms with Crippen molar-refractivity contribution in [2.24, 2.45) is 0 Å². The third kappa shape index (κ3) is 1.86. The average molecular weight is 246 g/mol. The molecule has 2 heterocycles. The van der Waals surface area contributed by atoms with Crippen molar-refractivity contribution in [1.29, 1.82) is 0 Å². The molecular weight excluding hydrogens is 228 g/mol. The minimum Gasteiger partial charge on any atom is -0.319 e. The van der Waals surface area contributed by atoms with Crippen molar-refractivity contribution < 1.29 is 0 Å². The van der Waals surface area contributed by atoms with Crippen molar-refractivity contribution in [1.82, 2.24) is 9.55 Å². The fourth-order valence-corrected chi connectivity index (χ4v) is 3.24. The van der Waals surface area contributed by atoms with Crippen LogP contribution in [0.15, 0.2) is 23.4 Å². The van der Waals surface area contributed by atoms with Gasteiger partial charge < -0.3 is 4.57 Å². The minimum absolute atomic E-state index is 0.209. The third-order valence-electron chi connectivity index (χ3n) is 3.34. The summed E-state index contributed by atoms with van der Waals surface area (Å²) in [5.74, 6) is 1.20. The SMILES string of the molecule is CC(C)(C)c1ccc2nc3n(c2c1)CCCS3. The molecule has 1 aliphatic heterocycles. The van der Waals surface area contributed by atoms with Gasteiger partial charge in [-0.2, -0.15) is 0 Å². The van der Waals surface area contributed by atoms with Crippen LogP contribution < -0.4 is 0 Å². The summed E-state index contributed by atoms with van der Waals surface area (Å²) in [6.45, 7) is 7.90. The van der Waals surface area contributed by atoms with Gasteiger partial charge in [-0.05, 0) is 29.5 Å². The maximum Gasteiger partial charge on any atom is 0.169 e. The Morgan fingerprint density at radius 3 is 2.88 bits per heavy atom. The largest absolute Gasteiger partial charge is 0.319 e. The summed E-state index contributed by atoms with van der Waals surface area (Å²) < 4.78 is 2.37. The summed E-state index contributed by atoms with van der Waals surface area (Å²) in [6.07, 6.45) is 1.25. The molecule has 0 bridgehead atoms. The number of hydrogen-bond donors (Lipinski definition) is 0. The summed E-state index contributed by atoms with van der Waals surface area (Å²) in [4.78, 5) is 4.70. The van der Waals surface area contributed by atoms with Crippen molar-refractivity contribution in [2.75, 3.05) is 5.75 Å². The predicted molar refractivity (Wildman–Crippen MR) is 73.8 cm³/mol. The highest BCUT2D eigenvalue weighted by molar-refractivity contribution is 7.99. The van der Waals surface area contributed by atoms with E-state index in [4.69, 9.17) is 4.98 Å². The fraction of sp³-hybridized carbons (Fsp3) is 0.500. The van der Waals surface area contributed by atoms with Crippen LogP contribution in [0.25, 0.3) is 11.0 Å². The Hall–Kier alpha value is -0.960. The van der Waals surface area contributed by atoms with Gasteiger partial charge in [0.2, 0.25) is 0 Å². The normalized spacial score (nSPS) is 16.2. The van der Waals surface area contributed by atoms with Crippen LogP contribution in [0.4, 0.5) is 0 Å². The van der Waals surface area contributed by atoms with Crippen LogP contribution >= 0.6 is 11.8 Å². The number of thioether (sulfide) groups is 1. The first-order valence-corrected chi connectivity index (χ1v) is 7.18. The van der Waals surface area contributed by atoms with Crippen LogP contribution in [0.5, 0.6) is 0 Å². The molecule has 3 heteroatoms. The van der Waals surface area contributed by atoms with Crippen LogP contribution in [-0.4, -0.2) is 15.3 Å². The topological polar surface area (TPSA) is 17.8 Å². The van der Waals surface area contributed by atoms with Crippen LogP contribution in [0.2, 0.25) is 0 Å². The molecule has 0 N–H and O–H groups in total. The average Bonchev–Trinajstić information content (AvgIpc) is 2.65. The number of fused-ring (bicyclic) bond motifs is 3. The molecule has 0 atom stereocenters. The van der Waals surface area contributed by atoms with Gasteiger partial charge in [-0.1, -0.05) is 38.6 Å². The highest BCUT2D eigenvalue weighted by Gasteiger charge is 2.18. The second-order valence-electron chi connectivity index (χ2n) is 5.70. The number of hydrogen-bond acceptors (Lipinski definition) is 2. The zero-order valence-electron chi connectivity index (χ0n) is 10.7. The predicted octanol–water partition coefficient (Wildman–Crippen LogP) is 3.83. The van der Waals surface area contributed by atoms with Crippen LogP contribution in [0.1, 0.15) is 32.8 Å². The summed E-state index contributed by atoms with van der Waals surface area (Å²) in [5, 5.41) is 1.19. The van der Waals surface area contributed by atoms with Gasteiger partial charge >= 0.3 is 0 Å². The van der Waals surface area contributed by atoms with Gasteiger partial charge in [0.25, 0.3) is 0 Å². The molecule has 0 amide bonds. The van der Waals surface area contributed by atoms with E-state index >= 15 is 0 Å². The number of imidazole rings is 1. The number of aryl methyl sites for hydroxylation is 1. The first-order valence-electron chi connectivity index (χ1n) is 6.19. The van der Waals surface area contributed by atoms with E-state index in [2.05, 4.69) is 43.5 Å². The standard InChI is InChI=1S/C14H18N2S/c1-14(2,3)10-5-6-11-12(9-10)16-7-4-8-17-13(16)15-11/h5-6,9H,4,7-8H2,1-3H3. The van der Waals surface area contributed by atoms with Gasteiger partial charge in [0.15, 0.2) is 5.16 Å². The summed E-state index contributed by atoms with van der Waals surface area (Å²) in [6, 6.07) is 6.70. The molecule has 1 aromatic carbocycles. The fourth-order valence-electron chi connectivity index (χ4n) is 2.28. The second-order valence-corrected chi connectivity index (χ2v) is 6.76. The minimum atomic E-state index is 0.209. The Morgan fingerprint density at radius 1 is 1.29 bits per heavy atom. The van der Waals surface area contributed by atoms with Gasteiger partial charge in [-0.15, -0.1) is 0 Å². The van der Waals surface area contributed by atoms with Crippen LogP contribution in [-0.2, 0) is 12.0 Å². The second kappa shape index (κ2) is 3.77. The van der Waals surface area contributed by atoms with Crippen molar-refractivity contribution >= 4 is 22.8 Å². The lowest BCUT2D eigenvalue weighted by atomic mass is 9.87. The van der Waals surface area contributed by atoms with E-state index in [0.717, 1.165) is 12.1 Å². The zero-order valence-corrected chi connectivity index (χ0v) is 11.5. The smallest absolute Gasteiger partial charge is 0.169 e. The molecule has 3 rings (SSSR count). The van der Waals surface area contributed by atoms with Gasteiger partial charge in [-0.3, -0.25) is 0 Å². The monoisotopic (exact) mass is 246 g/mol. The molecule has 1 aliphatic rings. The molecule has 0 unspecified atom stereocenters. The van der Waals surface area contributed by atoms with E-state index < -0.39 is 0 Å². The summed E-state index contributed by atoms with van der Waals surface area (Å²) in [5.41, 5.74) is 4.05. The van der Waals surface area contributed by atoms with E-state index in [-0.39, 0.29) is 5.41 Å². The lowest BCUT2D eigenvalue weighted by molar-refractivity contribution is 0.589. The lowest BCUT2D eigenvalue weighted by Crippen LogP contribution is -2.11. The highest BCUT2D eigenvalue weighted by atomic mass is 32.2. The molecule has 0 aliphatic carbocycles. The molecule has 90 valence electrons. The van der Waals surface area contributed by atoms with Crippen molar-refractivity contribution in [2.45, 2.75) is 44.3 Å². The first kappa shape index (κ1) is 11.1. The molecule has 2 aromatic rings. The number of aromatic nitrogens is 2. The van der Waals surface area contributed by atoms with Crippen molar-refractivity contribution in [3.63, 3.8) is 0 Å². The zero-order chi connectivity index (χ0) is 12.0. The van der Waals surface area contributed by atoms with Gasteiger partial charge in [0.05, 0.1) is 11.0 Å². The number of benzene rings is 1. The van der Waals surface area contributed by atoms with E-state index in [1.165, 1.54) is 28.4 Å². The van der Waals surface area contributed by atoms with Crippen LogP contribution in [0, 0.1) is 0 Å². The number of nitrogens with zero attached hydrogens (tertiary/aromatic N) is 2. The van der Waals surface area contributed by atoms with E-state index in [0.29, 0.717) is 0 Å². The molecule has 1 aromatic heterocycles. The van der Waals surface area contributed by atoms with E-state index in [1.54, 1.807) is 0 Å². The Balaban J connectivity index is 2.21. The molecule has 2 nitrogen and oxygen atoms in total. The molecule has 0 radical (unpaired) electrons. The van der Waals surface area contributed by atoms with Crippen LogP contribution in [0.3, 0.4) is 0 Å². The molecule has 0 spiro atoms. The summed E-state index contributed by atoms with van der Waals surface area (Å²) >= 11 is 1.88. The molecular formula is C14H18N2S. The Bertz CT molecular complexity index is 563. The summed E-state index contributed by atoms with van der Waals surface area (Å²) in [7, 11) is 0. The van der Waals surface area contributed by atoms with E-state index in [1.807, 2.05) is 11.8 Å². The Morgan fingerprint density at radius 2 is 2.12 bits per heavy atom. The molecule has 0 fully saturated rings. The third-order valence-corrected chi connectivity index (χ3v) is 4.40. The highest BCUT2D eigenvalue weighted by Crippen LogP contribution is 2.31.